The molecular weight excluding hydrogens is 362 g/mol. The number of methoxy groups -OCH3 is 2. The molecule has 0 saturated carbocycles. The molecule has 0 amide bonds. The summed E-state index contributed by atoms with van der Waals surface area (Å²) in [5.41, 5.74) is 2.55. The van der Waals surface area contributed by atoms with Crippen molar-refractivity contribution in [2.24, 2.45) is 0 Å². The van der Waals surface area contributed by atoms with Gasteiger partial charge >= 0.3 is 0 Å². The van der Waals surface area contributed by atoms with E-state index in [1.165, 1.54) is 11.1 Å². The van der Waals surface area contributed by atoms with Crippen LogP contribution >= 0.6 is 0 Å². The maximum atomic E-state index is 6.19. The van der Waals surface area contributed by atoms with Crippen molar-refractivity contribution in [3.05, 3.63) is 59.7 Å². The van der Waals surface area contributed by atoms with Crippen LogP contribution in [0.4, 0.5) is 0 Å². The molecule has 1 aliphatic rings. The van der Waals surface area contributed by atoms with Crippen molar-refractivity contribution >= 4 is 0 Å². The van der Waals surface area contributed by atoms with E-state index in [2.05, 4.69) is 55.6 Å². The lowest BCUT2D eigenvalue weighted by Gasteiger charge is -2.47. The van der Waals surface area contributed by atoms with Gasteiger partial charge in [-0.25, -0.2) is 0 Å². The summed E-state index contributed by atoms with van der Waals surface area (Å²) in [7, 11) is 3.47. The van der Waals surface area contributed by atoms with E-state index in [9.17, 15) is 0 Å². The molecule has 4 heteroatoms. The zero-order valence-corrected chi connectivity index (χ0v) is 18.3. The molecule has 0 bridgehead atoms. The zero-order chi connectivity index (χ0) is 20.7. The lowest BCUT2D eigenvalue weighted by Crippen LogP contribution is -2.46. The minimum absolute atomic E-state index is 0.0581. The van der Waals surface area contributed by atoms with Gasteiger partial charge in [-0.15, -0.1) is 0 Å². The Balaban J connectivity index is 1.73. The Hall–Kier alpha value is -2.04. The van der Waals surface area contributed by atoms with Crippen molar-refractivity contribution < 1.29 is 14.2 Å². The Morgan fingerprint density at radius 3 is 2.48 bits per heavy atom. The Morgan fingerprint density at radius 2 is 1.79 bits per heavy atom. The highest BCUT2D eigenvalue weighted by molar-refractivity contribution is 5.40. The molecule has 0 aromatic heterocycles. The van der Waals surface area contributed by atoms with E-state index < -0.39 is 0 Å². The standard InChI is InChI=1S/C25H35NO3/c1-5-24(2)19-25(15-17-29-24,22-8-6-7-9-23(22)28-4)14-16-26-18-20-10-12-21(27-3)13-11-20/h6-13,26H,5,14-19H2,1-4H3/t24-,25-/m0/s1. The van der Waals surface area contributed by atoms with Crippen LogP contribution in [0.15, 0.2) is 48.5 Å². The maximum Gasteiger partial charge on any atom is 0.122 e. The van der Waals surface area contributed by atoms with Crippen molar-refractivity contribution in [1.29, 1.82) is 0 Å². The smallest absolute Gasteiger partial charge is 0.122 e. The number of hydrogen-bond acceptors (Lipinski definition) is 4. The minimum Gasteiger partial charge on any atom is -0.497 e. The number of nitrogens with one attached hydrogen (secondary N) is 1. The molecule has 0 aliphatic carbocycles. The minimum atomic E-state index is -0.0882. The first kappa shape index (κ1) is 21.7. The third-order valence-corrected chi connectivity index (χ3v) is 6.44. The normalized spacial score (nSPS) is 24.3. The highest BCUT2D eigenvalue weighted by Crippen LogP contribution is 2.47. The van der Waals surface area contributed by atoms with Gasteiger partial charge in [0, 0.05) is 24.1 Å². The van der Waals surface area contributed by atoms with Crippen LogP contribution in [0.5, 0.6) is 11.5 Å². The van der Waals surface area contributed by atoms with Crippen molar-refractivity contribution in [1.82, 2.24) is 5.32 Å². The molecule has 1 fully saturated rings. The monoisotopic (exact) mass is 397 g/mol. The molecule has 0 unspecified atom stereocenters. The van der Waals surface area contributed by atoms with E-state index in [1.54, 1.807) is 14.2 Å². The van der Waals surface area contributed by atoms with Gasteiger partial charge < -0.3 is 19.5 Å². The fourth-order valence-electron chi connectivity index (χ4n) is 4.54. The predicted molar refractivity (Wildman–Crippen MR) is 118 cm³/mol. The third kappa shape index (κ3) is 5.12. The molecule has 1 heterocycles. The van der Waals surface area contributed by atoms with Gasteiger partial charge in [-0.3, -0.25) is 0 Å². The molecule has 2 aromatic carbocycles. The Bertz CT molecular complexity index is 776. The predicted octanol–water partition coefficient (Wildman–Crippen LogP) is 5.10. The molecule has 29 heavy (non-hydrogen) atoms. The first-order chi connectivity index (χ1) is 14.0. The van der Waals surface area contributed by atoms with Crippen LogP contribution in [0.2, 0.25) is 0 Å². The molecule has 158 valence electrons. The fourth-order valence-corrected chi connectivity index (χ4v) is 4.54. The van der Waals surface area contributed by atoms with Gasteiger partial charge in [-0.2, -0.15) is 0 Å². The van der Waals surface area contributed by atoms with E-state index in [0.29, 0.717) is 0 Å². The highest BCUT2D eigenvalue weighted by Gasteiger charge is 2.44. The summed E-state index contributed by atoms with van der Waals surface area (Å²) in [4.78, 5) is 0. The van der Waals surface area contributed by atoms with Crippen LogP contribution in [0, 0.1) is 0 Å². The van der Waals surface area contributed by atoms with Gasteiger partial charge in [0.15, 0.2) is 0 Å². The summed E-state index contributed by atoms with van der Waals surface area (Å²) in [5.74, 6) is 1.88. The van der Waals surface area contributed by atoms with E-state index in [4.69, 9.17) is 14.2 Å². The second-order valence-electron chi connectivity index (χ2n) is 8.33. The number of hydrogen-bond donors (Lipinski definition) is 1. The Morgan fingerprint density at radius 1 is 1.03 bits per heavy atom. The van der Waals surface area contributed by atoms with Crippen molar-refractivity contribution in [2.45, 2.75) is 57.1 Å². The molecule has 0 spiro atoms. The fraction of sp³-hybridized carbons (Fsp3) is 0.520. The zero-order valence-electron chi connectivity index (χ0n) is 18.3. The van der Waals surface area contributed by atoms with Crippen LogP contribution in [0.3, 0.4) is 0 Å². The summed E-state index contributed by atoms with van der Waals surface area (Å²) in [6, 6.07) is 16.8. The Labute approximate surface area is 175 Å². The lowest BCUT2D eigenvalue weighted by atomic mass is 9.66. The summed E-state index contributed by atoms with van der Waals surface area (Å²) in [6.07, 6.45) is 4.11. The van der Waals surface area contributed by atoms with E-state index in [1.807, 2.05) is 12.1 Å². The van der Waals surface area contributed by atoms with Gasteiger partial charge in [0.25, 0.3) is 0 Å². The number of benzene rings is 2. The van der Waals surface area contributed by atoms with Crippen LogP contribution < -0.4 is 14.8 Å². The van der Waals surface area contributed by atoms with Gasteiger partial charge in [-0.05, 0) is 62.9 Å². The third-order valence-electron chi connectivity index (χ3n) is 6.44. The molecule has 4 nitrogen and oxygen atoms in total. The van der Waals surface area contributed by atoms with E-state index >= 15 is 0 Å². The molecular formula is C25H35NO3. The molecule has 2 atom stereocenters. The number of ether oxygens (including phenoxy) is 3. The molecule has 1 saturated heterocycles. The maximum absolute atomic E-state index is 6.19. The topological polar surface area (TPSA) is 39.7 Å². The van der Waals surface area contributed by atoms with Crippen LogP contribution in [0.1, 0.15) is 50.7 Å². The van der Waals surface area contributed by atoms with Crippen LogP contribution in [-0.4, -0.2) is 33.0 Å². The first-order valence-electron chi connectivity index (χ1n) is 10.7. The largest absolute Gasteiger partial charge is 0.497 e. The summed E-state index contributed by atoms with van der Waals surface area (Å²) in [5, 5.41) is 3.64. The van der Waals surface area contributed by atoms with E-state index in [0.717, 1.165) is 56.9 Å². The highest BCUT2D eigenvalue weighted by atomic mass is 16.5. The van der Waals surface area contributed by atoms with Crippen molar-refractivity contribution in [3.63, 3.8) is 0 Å². The second-order valence-corrected chi connectivity index (χ2v) is 8.33. The van der Waals surface area contributed by atoms with Gasteiger partial charge in [-0.1, -0.05) is 37.3 Å². The molecule has 3 rings (SSSR count). The van der Waals surface area contributed by atoms with E-state index in [-0.39, 0.29) is 11.0 Å². The lowest BCUT2D eigenvalue weighted by molar-refractivity contribution is -0.0982. The van der Waals surface area contributed by atoms with Crippen molar-refractivity contribution in [2.75, 3.05) is 27.4 Å². The summed E-state index contributed by atoms with van der Waals surface area (Å²) < 4.78 is 17.2. The average Bonchev–Trinajstić information content (AvgIpc) is 2.77. The quantitative estimate of drug-likeness (QED) is 0.598. The van der Waals surface area contributed by atoms with Gasteiger partial charge in [0.1, 0.15) is 11.5 Å². The SMILES string of the molecule is CC[C@@]1(C)C[C@@](CCNCc2ccc(OC)cc2)(c2ccccc2OC)CCO1. The van der Waals surface area contributed by atoms with Crippen LogP contribution in [0.25, 0.3) is 0 Å². The summed E-state index contributed by atoms with van der Waals surface area (Å²) in [6.45, 7) is 7.07. The Kier molecular flexibility index (Phi) is 7.20. The van der Waals surface area contributed by atoms with Crippen molar-refractivity contribution in [3.8, 4) is 11.5 Å². The average molecular weight is 398 g/mol. The molecule has 0 radical (unpaired) electrons. The number of rotatable bonds is 9. The number of para-hydroxylation sites is 1. The first-order valence-corrected chi connectivity index (χ1v) is 10.7. The van der Waals surface area contributed by atoms with Crippen LogP contribution in [-0.2, 0) is 16.7 Å². The summed E-state index contributed by atoms with van der Waals surface area (Å²) >= 11 is 0. The van der Waals surface area contributed by atoms with Gasteiger partial charge in [0.2, 0.25) is 0 Å². The van der Waals surface area contributed by atoms with Gasteiger partial charge in [0.05, 0.1) is 19.8 Å². The molecule has 1 N–H and O–H groups in total. The molecule has 1 aliphatic heterocycles. The molecule has 2 aromatic rings. The second kappa shape index (κ2) is 9.64.